The molecule has 0 saturated carbocycles. The molecule has 8 heteroatoms. The summed E-state index contributed by atoms with van der Waals surface area (Å²) in [7, 11) is 0. The van der Waals surface area contributed by atoms with Crippen LogP contribution in [0.15, 0.2) is 30.3 Å². The molecule has 0 heterocycles. The van der Waals surface area contributed by atoms with Crippen LogP contribution in [0.5, 0.6) is 0 Å². The summed E-state index contributed by atoms with van der Waals surface area (Å²) >= 11 is 0. The Morgan fingerprint density at radius 1 is 1.15 bits per heavy atom. The van der Waals surface area contributed by atoms with Crippen LogP contribution in [0.2, 0.25) is 0 Å². The second kappa shape index (κ2) is 11.1. The van der Waals surface area contributed by atoms with Crippen molar-refractivity contribution in [1.82, 2.24) is 10.6 Å². The number of aliphatic carboxylic acids is 1. The van der Waals surface area contributed by atoms with Crippen LogP contribution in [0.1, 0.15) is 51.0 Å². The van der Waals surface area contributed by atoms with E-state index in [1.807, 2.05) is 5.32 Å². The molecule has 1 aromatic carbocycles. The lowest BCUT2D eigenvalue weighted by Gasteiger charge is -2.22. The van der Waals surface area contributed by atoms with E-state index in [1.54, 1.807) is 51.1 Å². The van der Waals surface area contributed by atoms with Gasteiger partial charge in [-0.15, -0.1) is 0 Å². The van der Waals surface area contributed by atoms with Crippen molar-refractivity contribution in [3.05, 3.63) is 35.9 Å². The molecule has 3 N–H and O–H groups in total. The maximum absolute atomic E-state index is 11.8. The Balaban J connectivity index is 2.67. The van der Waals surface area contributed by atoms with Gasteiger partial charge in [-0.1, -0.05) is 30.3 Å². The molecular weight excluding hydrogens is 352 g/mol. The van der Waals surface area contributed by atoms with Crippen molar-refractivity contribution in [2.45, 2.75) is 58.2 Å². The highest BCUT2D eigenvalue weighted by atomic mass is 16.6. The number of carboxylic acids is 1. The van der Waals surface area contributed by atoms with Gasteiger partial charge >= 0.3 is 18.2 Å². The van der Waals surface area contributed by atoms with E-state index in [1.165, 1.54) is 0 Å². The number of nitrogens with one attached hydrogen (secondary N) is 2. The van der Waals surface area contributed by atoms with Crippen LogP contribution in [-0.4, -0.2) is 41.4 Å². The minimum absolute atomic E-state index is 0.0521. The number of carbonyl (C=O) groups is 3. The molecule has 0 saturated heterocycles. The number of carbonyl (C=O) groups excluding carboxylic acids is 2. The highest BCUT2D eigenvalue weighted by molar-refractivity contribution is 5.79. The Hall–Kier alpha value is -2.77. The van der Waals surface area contributed by atoms with E-state index >= 15 is 0 Å². The second-order valence-corrected chi connectivity index (χ2v) is 6.51. The molecule has 27 heavy (non-hydrogen) atoms. The summed E-state index contributed by atoms with van der Waals surface area (Å²) in [6.07, 6.45) is -8.31. The van der Waals surface area contributed by atoms with Gasteiger partial charge in [-0.05, 0) is 45.5 Å². The molecule has 0 spiro atoms. The summed E-state index contributed by atoms with van der Waals surface area (Å²) in [5, 5.41) is 13.5. The molecule has 1 rings (SSSR count). The highest BCUT2D eigenvalue weighted by Gasteiger charge is 2.23. The number of hydrogen-bond acceptors (Lipinski definition) is 5. The minimum atomic E-state index is -2.72. The fraction of sp³-hybridized carbons (Fsp3) is 0.526. The molecule has 2 amide bonds. The zero-order valence-corrected chi connectivity index (χ0v) is 15.6. The third kappa shape index (κ3) is 10.7. The van der Waals surface area contributed by atoms with Gasteiger partial charge < -0.3 is 25.2 Å². The third-order valence-electron chi connectivity index (χ3n) is 2.95. The van der Waals surface area contributed by atoms with E-state index < -0.39 is 55.5 Å². The molecule has 1 aromatic rings. The summed E-state index contributed by atoms with van der Waals surface area (Å²) in [6, 6.07) is 7.03. The molecule has 8 nitrogen and oxygen atoms in total. The fourth-order valence-electron chi connectivity index (χ4n) is 1.78. The van der Waals surface area contributed by atoms with Gasteiger partial charge in [-0.2, -0.15) is 0 Å². The number of hydrogen-bond donors (Lipinski definition) is 3. The third-order valence-corrected chi connectivity index (χ3v) is 2.95. The largest absolute Gasteiger partial charge is 0.480 e. The van der Waals surface area contributed by atoms with Crippen molar-refractivity contribution in [3.8, 4) is 0 Å². The molecular formula is C19H28N2O6. The summed E-state index contributed by atoms with van der Waals surface area (Å²) < 4.78 is 41.8. The first-order valence-corrected chi connectivity index (χ1v) is 8.30. The second-order valence-electron chi connectivity index (χ2n) is 6.51. The van der Waals surface area contributed by atoms with Crippen LogP contribution in [0.25, 0.3) is 0 Å². The number of alkyl carbamates (subject to hydrolysis) is 2. The highest BCUT2D eigenvalue weighted by Crippen LogP contribution is 2.08. The van der Waals surface area contributed by atoms with Crippen molar-refractivity contribution in [2.24, 2.45) is 0 Å². The molecule has 0 aromatic heterocycles. The van der Waals surface area contributed by atoms with Gasteiger partial charge in [-0.3, -0.25) is 0 Å². The number of carboxylic acid groups (broad SMARTS) is 1. The molecule has 0 aliphatic carbocycles. The predicted octanol–water partition coefficient (Wildman–Crippen LogP) is 3.06. The van der Waals surface area contributed by atoms with Crippen LogP contribution in [0.4, 0.5) is 9.59 Å². The zero-order chi connectivity index (χ0) is 23.9. The molecule has 0 bridgehead atoms. The van der Waals surface area contributed by atoms with Crippen LogP contribution >= 0.6 is 0 Å². The number of amides is 2. The smallest absolute Gasteiger partial charge is 0.408 e. The van der Waals surface area contributed by atoms with Crippen LogP contribution in [0, 0.1) is 0 Å². The average molecular weight is 384 g/mol. The lowest BCUT2D eigenvalue weighted by Crippen LogP contribution is -2.43. The van der Waals surface area contributed by atoms with Crippen molar-refractivity contribution >= 4 is 18.2 Å². The van der Waals surface area contributed by atoms with Crippen LogP contribution in [0.3, 0.4) is 0 Å². The Morgan fingerprint density at radius 2 is 1.81 bits per heavy atom. The van der Waals surface area contributed by atoms with Gasteiger partial charge in [-0.25, -0.2) is 14.4 Å². The summed E-state index contributed by atoms with van der Waals surface area (Å²) in [5.41, 5.74) is -0.182. The van der Waals surface area contributed by atoms with Crippen molar-refractivity contribution < 1.29 is 34.4 Å². The Labute approximate surface area is 164 Å². The van der Waals surface area contributed by atoms with Crippen molar-refractivity contribution in [2.75, 3.05) is 6.54 Å². The number of rotatable bonds is 9. The van der Waals surface area contributed by atoms with E-state index in [4.69, 9.17) is 15.0 Å². The van der Waals surface area contributed by atoms with Crippen LogP contribution in [-0.2, 0) is 20.9 Å². The summed E-state index contributed by atoms with van der Waals surface area (Å²) in [4.78, 5) is 35.1. The molecule has 150 valence electrons. The van der Waals surface area contributed by atoms with Gasteiger partial charge in [0.15, 0.2) is 0 Å². The normalized spacial score (nSPS) is 15.2. The Kier molecular flexibility index (Phi) is 6.72. The van der Waals surface area contributed by atoms with Gasteiger partial charge in [0, 0.05) is 12.0 Å². The van der Waals surface area contributed by atoms with Crippen LogP contribution < -0.4 is 10.6 Å². The summed E-state index contributed by atoms with van der Waals surface area (Å²) in [5.74, 6) is -1.55. The quantitative estimate of drug-likeness (QED) is 0.603. The molecule has 0 radical (unpaired) electrons. The van der Waals surface area contributed by atoms with E-state index in [-0.39, 0.29) is 6.61 Å². The topological polar surface area (TPSA) is 114 Å². The maximum atomic E-state index is 11.8. The van der Waals surface area contributed by atoms with Gasteiger partial charge in [0.05, 0.1) is 0 Å². The zero-order valence-electron chi connectivity index (χ0n) is 19.6. The van der Waals surface area contributed by atoms with Gasteiger partial charge in [0.1, 0.15) is 18.2 Å². The first-order chi connectivity index (χ1) is 14.1. The minimum Gasteiger partial charge on any atom is -0.480 e. The van der Waals surface area contributed by atoms with E-state index in [0.29, 0.717) is 5.56 Å². The number of benzene rings is 1. The lowest BCUT2D eigenvalue weighted by atomic mass is 10.1. The molecule has 0 unspecified atom stereocenters. The Bertz CT molecular complexity index is 768. The van der Waals surface area contributed by atoms with E-state index in [9.17, 15) is 19.5 Å². The first kappa shape index (κ1) is 16.4. The Morgan fingerprint density at radius 3 is 2.41 bits per heavy atom. The molecule has 1 atom stereocenters. The predicted molar refractivity (Wildman–Crippen MR) is 99.3 cm³/mol. The monoisotopic (exact) mass is 384 g/mol. The van der Waals surface area contributed by atoms with Crippen molar-refractivity contribution in [1.29, 1.82) is 0 Å². The molecule has 0 aliphatic rings. The van der Waals surface area contributed by atoms with E-state index in [2.05, 4.69) is 5.32 Å². The van der Waals surface area contributed by atoms with E-state index in [0.717, 1.165) is 0 Å². The lowest BCUT2D eigenvalue weighted by molar-refractivity contribution is -0.139. The van der Waals surface area contributed by atoms with Gasteiger partial charge in [0.2, 0.25) is 0 Å². The molecule has 0 fully saturated rings. The average Bonchev–Trinajstić information content (AvgIpc) is 2.63. The number of ether oxygens (including phenoxy) is 2. The fourth-order valence-corrected chi connectivity index (χ4v) is 1.78. The standard InChI is InChI=1S/C19H28N2O6/c1-19(2,3)27-18(25)21-15(16(22)23)11-7-8-12-20-17(24)26-13-14-9-5-4-6-10-14/h4-6,9-10,15H,7-8,11-13H2,1-3H3,(H,20,24)(H,21,25)(H,22,23)/t15-/m0/s1/i7D2,8D2. The van der Waals surface area contributed by atoms with Gasteiger partial charge in [0.25, 0.3) is 0 Å². The molecule has 0 aliphatic heterocycles. The van der Waals surface area contributed by atoms with Crippen molar-refractivity contribution in [3.63, 3.8) is 0 Å². The SMILES string of the molecule is [2H]C([2H])(CNC(=O)OCc1ccccc1)C([2H])([2H])C[C@H](NC(=O)OC(C)(C)C)C(=O)O. The maximum Gasteiger partial charge on any atom is 0.408 e. The summed E-state index contributed by atoms with van der Waals surface area (Å²) in [6.45, 7) is 3.89. The first-order valence-electron chi connectivity index (χ1n) is 10.3.